The Morgan fingerprint density at radius 2 is 2.11 bits per heavy atom. The highest BCUT2D eigenvalue weighted by Gasteiger charge is 2.17. The van der Waals surface area contributed by atoms with Gasteiger partial charge in [-0.25, -0.2) is 13.2 Å². The lowest BCUT2D eigenvalue weighted by Gasteiger charge is -2.21. The van der Waals surface area contributed by atoms with E-state index in [2.05, 4.69) is 0 Å². The van der Waals surface area contributed by atoms with Crippen molar-refractivity contribution in [1.29, 1.82) is 0 Å². The van der Waals surface area contributed by atoms with Crippen LogP contribution in [0.25, 0.3) is 0 Å². The first-order valence-electron chi connectivity index (χ1n) is 5.53. The van der Waals surface area contributed by atoms with Gasteiger partial charge in [0.1, 0.15) is 5.82 Å². The maximum Gasteiger partial charge on any atom is 0.255 e. The van der Waals surface area contributed by atoms with Crippen molar-refractivity contribution in [2.45, 2.75) is 12.8 Å². The van der Waals surface area contributed by atoms with E-state index in [-0.39, 0.29) is 19.5 Å². The summed E-state index contributed by atoms with van der Waals surface area (Å²) in [5.41, 5.74) is 5.72. The first-order chi connectivity index (χ1) is 8.52. The van der Waals surface area contributed by atoms with E-state index in [9.17, 15) is 18.0 Å². The third kappa shape index (κ3) is 4.75. The second-order valence-electron chi connectivity index (χ2n) is 3.83. The van der Waals surface area contributed by atoms with E-state index in [0.29, 0.717) is 5.56 Å². The molecule has 0 atom stereocenters. The van der Waals surface area contributed by atoms with Crippen LogP contribution in [-0.4, -0.2) is 36.9 Å². The number of carbonyl (C=O) groups excluding carboxylic acids is 1. The minimum atomic E-state index is -2.60. The zero-order chi connectivity index (χ0) is 13.5. The summed E-state index contributed by atoms with van der Waals surface area (Å²) in [7, 11) is 0. The summed E-state index contributed by atoms with van der Waals surface area (Å²) in [6.07, 6.45) is -2.71. The average molecular weight is 260 g/mol. The van der Waals surface area contributed by atoms with Crippen molar-refractivity contribution in [3.05, 3.63) is 35.6 Å². The number of carbonyl (C=O) groups is 1. The van der Waals surface area contributed by atoms with Crippen molar-refractivity contribution in [3.63, 3.8) is 0 Å². The third-order valence-corrected chi connectivity index (χ3v) is 2.35. The number of amides is 1. The van der Waals surface area contributed by atoms with E-state index in [1.54, 1.807) is 6.07 Å². The summed E-state index contributed by atoms with van der Waals surface area (Å²) < 4.78 is 37.5. The summed E-state index contributed by atoms with van der Waals surface area (Å²) in [4.78, 5) is 12.8. The lowest BCUT2D eigenvalue weighted by molar-refractivity contribution is -0.132. The predicted molar refractivity (Wildman–Crippen MR) is 61.7 cm³/mol. The van der Waals surface area contributed by atoms with Crippen LogP contribution in [0, 0.1) is 5.82 Å². The number of hydrogen-bond acceptors (Lipinski definition) is 2. The molecule has 0 aliphatic heterocycles. The van der Waals surface area contributed by atoms with Crippen molar-refractivity contribution < 1.29 is 18.0 Å². The molecule has 0 saturated carbocycles. The van der Waals surface area contributed by atoms with Gasteiger partial charge in [0.15, 0.2) is 0 Å². The minimum Gasteiger partial charge on any atom is -0.335 e. The van der Waals surface area contributed by atoms with Crippen LogP contribution < -0.4 is 5.73 Å². The summed E-state index contributed by atoms with van der Waals surface area (Å²) >= 11 is 0. The van der Waals surface area contributed by atoms with Gasteiger partial charge in [0.05, 0.1) is 13.0 Å². The van der Waals surface area contributed by atoms with Crippen molar-refractivity contribution in [2.75, 3.05) is 19.6 Å². The topological polar surface area (TPSA) is 46.3 Å². The average Bonchev–Trinajstić information content (AvgIpc) is 2.27. The molecule has 1 aromatic rings. The van der Waals surface area contributed by atoms with Crippen LogP contribution in [0.15, 0.2) is 24.3 Å². The molecule has 0 heterocycles. The van der Waals surface area contributed by atoms with Crippen LogP contribution in [0.1, 0.15) is 5.56 Å². The molecular formula is C12H15F3N2O. The Bertz CT molecular complexity index is 399. The summed E-state index contributed by atoms with van der Waals surface area (Å²) in [6.45, 7) is -0.467. The normalized spacial score (nSPS) is 10.7. The molecule has 1 amide bonds. The molecule has 18 heavy (non-hydrogen) atoms. The zero-order valence-corrected chi connectivity index (χ0v) is 9.78. The quantitative estimate of drug-likeness (QED) is 0.840. The molecule has 0 aromatic heterocycles. The lowest BCUT2D eigenvalue weighted by atomic mass is 10.1. The van der Waals surface area contributed by atoms with Crippen LogP contribution in [0.4, 0.5) is 13.2 Å². The number of alkyl halides is 2. The van der Waals surface area contributed by atoms with Crippen LogP contribution in [0.2, 0.25) is 0 Å². The highest BCUT2D eigenvalue weighted by molar-refractivity contribution is 5.78. The Kier molecular flexibility index (Phi) is 5.64. The molecule has 1 aromatic carbocycles. The first kappa shape index (κ1) is 14.5. The second-order valence-corrected chi connectivity index (χ2v) is 3.83. The SMILES string of the molecule is NCCN(CC(F)F)C(=O)Cc1cccc(F)c1. The van der Waals surface area contributed by atoms with Gasteiger partial charge >= 0.3 is 0 Å². The Hall–Kier alpha value is -1.56. The van der Waals surface area contributed by atoms with E-state index in [4.69, 9.17) is 5.73 Å². The number of nitrogens with two attached hydrogens (primary N) is 1. The summed E-state index contributed by atoms with van der Waals surface area (Å²) in [6, 6.07) is 5.51. The molecule has 100 valence electrons. The smallest absolute Gasteiger partial charge is 0.255 e. The van der Waals surface area contributed by atoms with Gasteiger partial charge in [0.25, 0.3) is 6.43 Å². The van der Waals surface area contributed by atoms with E-state index >= 15 is 0 Å². The van der Waals surface area contributed by atoms with Crippen molar-refractivity contribution >= 4 is 5.91 Å². The molecule has 0 aliphatic carbocycles. The van der Waals surface area contributed by atoms with Crippen molar-refractivity contribution in [3.8, 4) is 0 Å². The van der Waals surface area contributed by atoms with E-state index in [1.165, 1.54) is 18.2 Å². The highest BCUT2D eigenvalue weighted by Crippen LogP contribution is 2.07. The minimum absolute atomic E-state index is 0.0679. The number of halogens is 3. The van der Waals surface area contributed by atoms with E-state index in [0.717, 1.165) is 4.90 Å². The fourth-order valence-electron chi connectivity index (χ4n) is 1.57. The van der Waals surface area contributed by atoms with Crippen LogP contribution in [0.3, 0.4) is 0 Å². The van der Waals surface area contributed by atoms with Gasteiger partial charge in [0.2, 0.25) is 5.91 Å². The molecule has 6 heteroatoms. The molecule has 0 fully saturated rings. The molecule has 0 aliphatic rings. The maximum absolute atomic E-state index is 12.9. The molecule has 0 bridgehead atoms. The van der Waals surface area contributed by atoms with Gasteiger partial charge in [0, 0.05) is 13.1 Å². The first-order valence-corrected chi connectivity index (χ1v) is 5.53. The molecule has 0 radical (unpaired) electrons. The van der Waals surface area contributed by atoms with Crippen LogP contribution >= 0.6 is 0 Å². The number of nitrogens with zero attached hydrogens (tertiary/aromatic N) is 1. The Morgan fingerprint density at radius 3 is 2.67 bits per heavy atom. The predicted octanol–water partition coefficient (Wildman–Crippen LogP) is 1.42. The molecule has 0 unspecified atom stereocenters. The molecule has 0 spiro atoms. The van der Waals surface area contributed by atoms with Gasteiger partial charge in [-0.3, -0.25) is 4.79 Å². The number of benzene rings is 1. The Balaban J connectivity index is 2.66. The van der Waals surface area contributed by atoms with E-state index < -0.39 is 24.7 Å². The van der Waals surface area contributed by atoms with Gasteiger partial charge in [-0.1, -0.05) is 12.1 Å². The highest BCUT2D eigenvalue weighted by atomic mass is 19.3. The van der Waals surface area contributed by atoms with Gasteiger partial charge < -0.3 is 10.6 Å². The zero-order valence-electron chi connectivity index (χ0n) is 9.78. The molecular weight excluding hydrogens is 245 g/mol. The summed E-state index contributed by atoms with van der Waals surface area (Å²) in [5, 5.41) is 0. The van der Waals surface area contributed by atoms with Crippen molar-refractivity contribution in [2.24, 2.45) is 5.73 Å². The Labute approximate surface area is 103 Å². The lowest BCUT2D eigenvalue weighted by Crippen LogP contribution is -2.39. The molecule has 1 rings (SSSR count). The Morgan fingerprint density at radius 1 is 1.39 bits per heavy atom. The monoisotopic (exact) mass is 260 g/mol. The van der Waals surface area contributed by atoms with Crippen LogP contribution in [-0.2, 0) is 11.2 Å². The number of rotatable bonds is 6. The standard InChI is InChI=1S/C12H15F3N2O/c13-10-3-1-2-9(6-10)7-12(18)17(5-4-16)8-11(14)15/h1-3,6,11H,4-5,7-8,16H2. The largest absolute Gasteiger partial charge is 0.335 e. The second kappa shape index (κ2) is 7.00. The summed E-state index contributed by atoms with van der Waals surface area (Å²) in [5.74, 6) is -0.939. The number of hydrogen-bond donors (Lipinski definition) is 1. The van der Waals surface area contributed by atoms with E-state index in [1.807, 2.05) is 0 Å². The fourth-order valence-corrected chi connectivity index (χ4v) is 1.57. The van der Waals surface area contributed by atoms with Crippen molar-refractivity contribution in [1.82, 2.24) is 4.90 Å². The molecule has 0 saturated heterocycles. The third-order valence-electron chi connectivity index (χ3n) is 2.35. The fraction of sp³-hybridized carbons (Fsp3) is 0.417. The van der Waals surface area contributed by atoms with Gasteiger partial charge in [-0.05, 0) is 17.7 Å². The maximum atomic E-state index is 12.9. The van der Waals surface area contributed by atoms with Crippen LogP contribution in [0.5, 0.6) is 0 Å². The van der Waals surface area contributed by atoms with Gasteiger partial charge in [-0.15, -0.1) is 0 Å². The van der Waals surface area contributed by atoms with Gasteiger partial charge in [-0.2, -0.15) is 0 Å². The molecule has 3 nitrogen and oxygen atoms in total. The molecule has 2 N–H and O–H groups in total.